The predicted molar refractivity (Wildman–Crippen MR) is 129 cm³/mol. The summed E-state index contributed by atoms with van der Waals surface area (Å²) in [5.74, 6) is -0.410. The van der Waals surface area contributed by atoms with Crippen LogP contribution in [0.5, 0.6) is 0 Å². The second-order valence-electron chi connectivity index (χ2n) is 7.25. The van der Waals surface area contributed by atoms with Gasteiger partial charge in [0, 0.05) is 11.6 Å². The number of aryl methyl sites for hydroxylation is 1. The smallest absolute Gasteiger partial charge is 0.329 e. The number of ether oxygens (including phenoxy) is 1. The number of benzene rings is 2. The monoisotopic (exact) mass is 466 g/mol. The van der Waals surface area contributed by atoms with E-state index in [9.17, 15) is 14.4 Å². The van der Waals surface area contributed by atoms with Crippen molar-refractivity contribution >= 4 is 35.4 Å². The lowest BCUT2D eigenvalue weighted by Gasteiger charge is -2.17. The van der Waals surface area contributed by atoms with Crippen LogP contribution in [0.2, 0.25) is 0 Å². The van der Waals surface area contributed by atoms with Gasteiger partial charge in [0.2, 0.25) is 0 Å². The van der Waals surface area contributed by atoms with Gasteiger partial charge in [-0.05, 0) is 49.6 Å². The first-order chi connectivity index (χ1) is 16.0. The molecule has 33 heavy (non-hydrogen) atoms. The molecule has 0 aliphatic rings. The van der Waals surface area contributed by atoms with E-state index in [1.807, 2.05) is 43.5 Å². The van der Waals surface area contributed by atoms with E-state index in [1.165, 1.54) is 0 Å². The van der Waals surface area contributed by atoms with Crippen molar-refractivity contribution in [3.63, 3.8) is 0 Å². The van der Waals surface area contributed by atoms with E-state index in [1.54, 1.807) is 52.8 Å². The lowest BCUT2D eigenvalue weighted by Crippen LogP contribution is -2.43. The molecule has 0 bridgehead atoms. The molecule has 0 saturated carbocycles. The summed E-state index contributed by atoms with van der Waals surface area (Å²) in [5, 5.41) is 9.83. The molecule has 0 aliphatic heterocycles. The van der Waals surface area contributed by atoms with Crippen molar-refractivity contribution in [2.45, 2.75) is 19.4 Å². The Morgan fingerprint density at radius 1 is 1.06 bits per heavy atom. The molecule has 8 nitrogen and oxygen atoms in total. The number of para-hydroxylation sites is 1. The zero-order valence-electron chi connectivity index (χ0n) is 18.5. The topological polar surface area (TPSA) is 102 Å². The predicted octanol–water partition coefficient (Wildman–Crippen LogP) is 3.21. The van der Waals surface area contributed by atoms with Crippen LogP contribution in [0.15, 0.2) is 66.7 Å². The third-order valence-electron chi connectivity index (χ3n) is 4.68. The average molecular weight is 467 g/mol. The lowest BCUT2D eigenvalue weighted by atomic mass is 10.1. The number of anilines is 1. The zero-order valence-corrected chi connectivity index (χ0v) is 19.3. The number of carbonyl (C=O) groups is 3. The van der Waals surface area contributed by atoms with Gasteiger partial charge in [0.05, 0.1) is 11.4 Å². The molecule has 2 N–H and O–H groups in total. The van der Waals surface area contributed by atoms with E-state index in [4.69, 9.17) is 4.74 Å². The number of aromatic nitrogens is 2. The molecule has 0 saturated heterocycles. The third-order valence-corrected chi connectivity index (χ3v) is 5.33. The van der Waals surface area contributed by atoms with Crippen LogP contribution in [0.25, 0.3) is 5.69 Å². The molecule has 2 aromatic carbocycles. The Morgan fingerprint density at radius 2 is 1.73 bits per heavy atom. The van der Waals surface area contributed by atoms with Gasteiger partial charge in [0.1, 0.15) is 11.9 Å². The van der Waals surface area contributed by atoms with Gasteiger partial charge in [-0.3, -0.25) is 9.59 Å². The number of thioether (sulfide) groups is 1. The van der Waals surface area contributed by atoms with Crippen LogP contribution < -0.4 is 10.6 Å². The van der Waals surface area contributed by atoms with Gasteiger partial charge in [-0.1, -0.05) is 36.4 Å². The maximum atomic E-state index is 12.6. The maximum Gasteiger partial charge on any atom is 0.329 e. The summed E-state index contributed by atoms with van der Waals surface area (Å²) in [6, 6.07) is 18.9. The molecule has 9 heteroatoms. The quantitative estimate of drug-likeness (QED) is 0.445. The number of nitrogens with zero attached hydrogens (tertiary/aromatic N) is 2. The van der Waals surface area contributed by atoms with Crippen LogP contribution in [-0.2, 0) is 14.3 Å². The molecular formula is C24H26N4O4S. The van der Waals surface area contributed by atoms with Crippen molar-refractivity contribution in [1.82, 2.24) is 15.1 Å². The van der Waals surface area contributed by atoms with Gasteiger partial charge in [0.25, 0.3) is 11.8 Å². The van der Waals surface area contributed by atoms with Gasteiger partial charge < -0.3 is 15.4 Å². The number of carbonyl (C=O) groups excluding carboxylic acids is 3. The largest absolute Gasteiger partial charge is 0.454 e. The van der Waals surface area contributed by atoms with Crippen LogP contribution in [-0.4, -0.2) is 52.2 Å². The summed E-state index contributed by atoms with van der Waals surface area (Å²) in [6.07, 6.45) is 2.30. The number of hydrogen-bond donors (Lipinski definition) is 2. The Kier molecular flexibility index (Phi) is 8.65. The summed E-state index contributed by atoms with van der Waals surface area (Å²) >= 11 is 1.55. The zero-order chi connectivity index (χ0) is 23.6. The number of nitrogens with one attached hydrogen (secondary N) is 2. The standard InChI is InChI=1S/C24H26N4O4S/c1-17-15-21(28(27-17)19-11-7-4-8-12-19)26-22(29)16-32-24(31)20(13-14-33-2)25-23(30)18-9-5-3-6-10-18/h3-12,15,20H,13-14,16H2,1-2H3,(H,25,30)(H,26,29)/t20-/m1/s1. The Hall–Kier alpha value is -3.59. The molecular weight excluding hydrogens is 440 g/mol. The van der Waals surface area contributed by atoms with Crippen molar-refractivity contribution < 1.29 is 19.1 Å². The van der Waals surface area contributed by atoms with E-state index >= 15 is 0 Å². The second-order valence-corrected chi connectivity index (χ2v) is 8.23. The average Bonchev–Trinajstić information content (AvgIpc) is 3.20. The highest BCUT2D eigenvalue weighted by molar-refractivity contribution is 7.98. The Labute approximate surface area is 196 Å². The fourth-order valence-electron chi connectivity index (χ4n) is 3.09. The minimum atomic E-state index is -0.852. The van der Waals surface area contributed by atoms with Gasteiger partial charge in [-0.15, -0.1) is 0 Å². The van der Waals surface area contributed by atoms with Gasteiger partial charge in [-0.2, -0.15) is 16.9 Å². The summed E-state index contributed by atoms with van der Waals surface area (Å²) in [7, 11) is 0. The molecule has 0 spiro atoms. The van der Waals surface area contributed by atoms with E-state index in [0.29, 0.717) is 23.6 Å². The van der Waals surface area contributed by atoms with Crippen molar-refractivity contribution in [2.24, 2.45) is 0 Å². The van der Waals surface area contributed by atoms with Crippen LogP contribution in [0.1, 0.15) is 22.5 Å². The van der Waals surface area contributed by atoms with Gasteiger partial charge in [0.15, 0.2) is 6.61 Å². The van der Waals surface area contributed by atoms with Crippen LogP contribution in [0.3, 0.4) is 0 Å². The minimum absolute atomic E-state index is 0.370. The number of rotatable bonds is 10. The van der Waals surface area contributed by atoms with Gasteiger partial charge >= 0.3 is 5.97 Å². The highest BCUT2D eigenvalue weighted by Gasteiger charge is 2.23. The van der Waals surface area contributed by atoms with Gasteiger partial charge in [-0.25, -0.2) is 9.48 Å². The van der Waals surface area contributed by atoms with E-state index < -0.39 is 24.5 Å². The van der Waals surface area contributed by atoms with Crippen LogP contribution in [0, 0.1) is 6.92 Å². The van der Waals surface area contributed by atoms with Crippen molar-refractivity contribution in [3.05, 3.63) is 78.0 Å². The van der Waals surface area contributed by atoms with Crippen molar-refractivity contribution in [3.8, 4) is 5.69 Å². The maximum absolute atomic E-state index is 12.6. The molecule has 3 rings (SSSR count). The number of hydrogen-bond acceptors (Lipinski definition) is 6. The molecule has 1 atom stereocenters. The molecule has 0 unspecified atom stereocenters. The summed E-state index contributed by atoms with van der Waals surface area (Å²) in [6.45, 7) is 1.34. The first-order valence-corrected chi connectivity index (χ1v) is 11.8. The fourth-order valence-corrected chi connectivity index (χ4v) is 3.56. The van der Waals surface area contributed by atoms with Crippen LogP contribution >= 0.6 is 11.8 Å². The molecule has 172 valence electrons. The summed E-state index contributed by atoms with van der Waals surface area (Å²) in [5.41, 5.74) is 1.97. The Morgan fingerprint density at radius 3 is 2.39 bits per heavy atom. The molecule has 0 fully saturated rings. The molecule has 0 radical (unpaired) electrons. The molecule has 2 amide bonds. The second kappa shape index (κ2) is 11.9. The fraction of sp³-hybridized carbons (Fsp3) is 0.250. The van der Waals surface area contributed by atoms with E-state index in [-0.39, 0.29) is 5.91 Å². The SMILES string of the molecule is CSCC[C@@H](NC(=O)c1ccccc1)C(=O)OCC(=O)Nc1cc(C)nn1-c1ccccc1. The number of amides is 2. The van der Waals surface area contributed by atoms with Crippen LogP contribution in [0.4, 0.5) is 5.82 Å². The summed E-state index contributed by atoms with van der Waals surface area (Å²) in [4.78, 5) is 37.6. The highest BCUT2D eigenvalue weighted by Crippen LogP contribution is 2.17. The molecule has 3 aromatic rings. The number of esters is 1. The van der Waals surface area contributed by atoms with E-state index in [2.05, 4.69) is 15.7 Å². The Bertz CT molecular complexity index is 1090. The first-order valence-electron chi connectivity index (χ1n) is 10.4. The molecule has 1 heterocycles. The highest BCUT2D eigenvalue weighted by atomic mass is 32.2. The minimum Gasteiger partial charge on any atom is -0.454 e. The summed E-state index contributed by atoms with van der Waals surface area (Å²) < 4.78 is 6.83. The molecule has 0 aliphatic carbocycles. The van der Waals surface area contributed by atoms with Crippen molar-refractivity contribution in [1.29, 1.82) is 0 Å². The normalized spacial score (nSPS) is 11.5. The van der Waals surface area contributed by atoms with E-state index in [0.717, 1.165) is 11.4 Å². The first kappa shape index (κ1) is 24.1. The van der Waals surface area contributed by atoms with Crippen molar-refractivity contribution in [2.75, 3.05) is 23.9 Å². The lowest BCUT2D eigenvalue weighted by molar-refractivity contribution is -0.149. The Balaban J connectivity index is 1.60. The molecule has 1 aromatic heterocycles. The third kappa shape index (κ3) is 6.95.